The van der Waals surface area contributed by atoms with Crippen LogP contribution in [-0.2, 0) is 0 Å². The fourth-order valence-electron chi connectivity index (χ4n) is 0.805. The maximum atomic E-state index is 12.1. The summed E-state index contributed by atoms with van der Waals surface area (Å²) in [6, 6.07) is 0.808. The quantitative estimate of drug-likeness (QED) is 0.514. The minimum Gasteiger partial charge on any atom is -0.358 e. The van der Waals surface area contributed by atoms with Crippen molar-refractivity contribution in [3.05, 3.63) is 35.7 Å². The fraction of sp³-hybridized carbons (Fsp3) is 0.167. The Morgan fingerprint density at radius 2 is 2.14 bits per heavy atom. The van der Waals surface area contributed by atoms with E-state index < -0.39 is 28.3 Å². The Kier molecular flexibility index (Phi) is 3.13. The molecule has 1 aromatic heterocycles. The SMILES string of the molecule is O=c1[nH]c([N+](=O)[O-])c(I)cc1C(F)F. The molecule has 0 aliphatic rings. The molecule has 0 spiro atoms. The molecule has 1 aromatic rings. The third-order valence-electron chi connectivity index (χ3n) is 1.42. The molecule has 1 N–H and O–H groups in total. The highest BCUT2D eigenvalue weighted by molar-refractivity contribution is 14.1. The minimum atomic E-state index is -2.94. The number of alkyl halides is 2. The second kappa shape index (κ2) is 3.98. The summed E-state index contributed by atoms with van der Waals surface area (Å²) in [4.78, 5) is 22.1. The van der Waals surface area contributed by atoms with Gasteiger partial charge in [-0.2, -0.15) is 0 Å². The van der Waals surface area contributed by atoms with Crippen LogP contribution in [0.3, 0.4) is 0 Å². The van der Waals surface area contributed by atoms with Gasteiger partial charge in [0.25, 0.3) is 6.43 Å². The topological polar surface area (TPSA) is 76.0 Å². The van der Waals surface area contributed by atoms with Crippen molar-refractivity contribution < 1.29 is 13.7 Å². The first-order chi connectivity index (χ1) is 6.43. The largest absolute Gasteiger partial charge is 0.358 e. The van der Waals surface area contributed by atoms with Crippen molar-refractivity contribution in [1.29, 1.82) is 0 Å². The fourth-order valence-corrected chi connectivity index (χ4v) is 1.47. The average molecular weight is 316 g/mol. The van der Waals surface area contributed by atoms with Crippen LogP contribution in [0.2, 0.25) is 0 Å². The zero-order valence-electron chi connectivity index (χ0n) is 6.46. The summed E-state index contributed by atoms with van der Waals surface area (Å²) in [6.07, 6.45) is -2.94. The van der Waals surface area contributed by atoms with Crippen molar-refractivity contribution >= 4 is 28.4 Å². The second-order valence-corrected chi connectivity index (χ2v) is 3.47. The number of H-pyrrole nitrogens is 1. The van der Waals surface area contributed by atoms with Gasteiger partial charge in [0.1, 0.15) is 9.13 Å². The number of aromatic nitrogens is 1. The predicted molar refractivity (Wildman–Crippen MR) is 51.4 cm³/mol. The maximum Gasteiger partial charge on any atom is 0.340 e. The van der Waals surface area contributed by atoms with Crippen LogP contribution in [-0.4, -0.2) is 9.91 Å². The van der Waals surface area contributed by atoms with Gasteiger partial charge >= 0.3 is 11.4 Å². The van der Waals surface area contributed by atoms with Crippen molar-refractivity contribution in [2.75, 3.05) is 0 Å². The monoisotopic (exact) mass is 316 g/mol. The van der Waals surface area contributed by atoms with E-state index in [2.05, 4.69) is 0 Å². The van der Waals surface area contributed by atoms with Gasteiger partial charge in [0.15, 0.2) is 0 Å². The third kappa shape index (κ3) is 2.05. The van der Waals surface area contributed by atoms with Gasteiger partial charge < -0.3 is 10.1 Å². The van der Waals surface area contributed by atoms with Crippen LogP contribution in [0, 0.1) is 13.7 Å². The Labute approximate surface area is 89.4 Å². The molecule has 1 heterocycles. The lowest BCUT2D eigenvalue weighted by Gasteiger charge is -1.99. The maximum absolute atomic E-state index is 12.1. The van der Waals surface area contributed by atoms with Gasteiger partial charge in [-0.25, -0.2) is 18.6 Å². The molecule has 0 aliphatic carbocycles. The lowest BCUT2D eigenvalue weighted by Crippen LogP contribution is -2.15. The summed E-state index contributed by atoms with van der Waals surface area (Å²) in [7, 11) is 0. The molecule has 0 unspecified atom stereocenters. The number of nitrogens with one attached hydrogen (secondary N) is 1. The van der Waals surface area contributed by atoms with Gasteiger partial charge in [-0.05, 0) is 33.6 Å². The van der Waals surface area contributed by atoms with Crippen molar-refractivity contribution in [3.63, 3.8) is 0 Å². The molecule has 0 saturated carbocycles. The Hall–Kier alpha value is -1.06. The number of pyridine rings is 1. The van der Waals surface area contributed by atoms with E-state index in [1.54, 1.807) is 4.98 Å². The lowest BCUT2D eigenvalue weighted by atomic mass is 10.3. The van der Waals surface area contributed by atoms with Gasteiger partial charge in [0.2, 0.25) is 0 Å². The van der Waals surface area contributed by atoms with E-state index in [1.165, 1.54) is 22.6 Å². The number of halogens is 3. The normalized spacial score (nSPS) is 10.6. The first kappa shape index (κ1) is 11.0. The second-order valence-electron chi connectivity index (χ2n) is 2.31. The summed E-state index contributed by atoms with van der Waals surface area (Å²) in [6.45, 7) is 0. The van der Waals surface area contributed by atoms with Gasteiger partial charge in [-0.15, -0.1) is 0 Å². The molecule has 1 rings (SSSR count). The van der Waals surface area contributed by atoms with E-state index in [9.17, 15) is 23.7 Å². The molecule has 14 heavy (non-hydrogen) atoms. The summed E-state index contributed by atoms with van der Waals surface area (Å²) in [5.74, 6) is -0.569. The molecule has 76 valence electrons. The molecule has 0 fully saturated rings. The van der Waals surface area contributed by atoms with E-state index in [0.717, 1.165) is 6.07 Å². The van der Waals surface area contributed by atoms with Gasteiger partial charge in [0, 0.05) is 0 Å². The average Bonchev–Trinajstić information content (AvgIpc) is 2.07. The van der Waals surface area contributed by atoms with Crippen molar-refractivity contribution in [3.8, 4) is 0 Å². The number of hydrogen-bond donors (Lipinski definition) is 1. The summed E-state index contributed by atoms with van der Waals surface area (Å²) < 4.78 is 24.3. The molecule has 5 nitrogen and oxygen atoms in total. The third-order valence-corrected chi connectivity index (χ3v) is 2.24. The number of rotatable bonds is 2. The van der Waals surface area contributed by atoms with Gasteiger partial charge in [0.05, 0.1) is 0 Å². The smallest absolute Gasteiger partial charge is 0.340 e. The Bertz CT molecular complexity index is 432. The van der Waals surface area contributed by atoms with Crippen LogP contribution < -0.4 is 5.56 Å². The summed E-state index contributed by atoms with van der Waals surface area (Å²) in [5, 5.41) is 10.3. The van der Waals surface area contributed by atoms with Crippen LogP contribution in [0.5, 0.6) is 0 Å². The van der Waals surface area contributed by atoms with Crippen LogP contribution in [0.4, 0.5) is 14.6 Å². The lowest BCUT2D eigenvalue weighted by molar-refractivity contribution is -0.390. The first-order valence-corrected chi connectivity index (χ1v) is 4.36. The highest BCUT2D eigenvalue weighted by atomic mass is 127. The zero-order chi connectivity index (χ0) is 10.9. The van der Waals surface area contributed by atoms with Crippen LogP contribution in [0.25, 0.3) is 0 Å². The van der Waals surface area contributed by atoms with E-state index in [4.69, 9.17) is 0 Å². The zero-order valence-corrected chi connectivity index (χ0v) is 8.62. The number of hydrogen-bond acceptors (Lipinski definition) is 3. The van der Waals surface area contributed by atoms with E-state index in [1.807, 2.05) is 0 Å². The van der Waals surface area contributed by atoms with Crippen LogP contribution >= 0.6 is 22.6 Å². The Balaban J connectivity index is 3.39. The number of nitrogens with zero attached hydrogens (tertiary/aromatic N) is 1. The molecule has 0 radical (unpaired) electrons. The van der Waals surface area contributed by atoms with Crippen LogP contribution in [0.1, 0.15) is 12.0 Å². The van der Waals surface area contributed by atoms with Crippen molar-refractivity contribution in [2.45, 2.75) is 6.43 Å². The van der Waals surface area contributed by atoms with Gasteiger partial charge in [-0.3, -0.25) is 0 Å². The number of aromatic amines is 1. The molecule has 8 heteroatoms. The molecular formula is C6H3F2IN2O3. The standard InChI is InChI=1S/C6H3F2IN2O3/c7-4(8)2-1-3(9)5(11(13)14)10-6(2)12/h1,4H,(H,10,12). The molecule has 0 aromatic carbocycles. The summed E-state index contributed by atoms with van der Waals surface area (Å²) in [5.41, 5.74) is -1.90. The number of nitro groups is 1. The Morgan fingerprint density at radius 3 is 2.57 bits per heavy atom. The summed E-state index contributed by atoms with van der Waals surface area (Å²) >= 11 is 1.51. The molecule has 0 aliphatic heterocycles. The molecule has 0 amide bonds. The minimum absolute atomic E-state index is 0.0255. The van der Waals surface area contributed by atoms with Gasteiger partial charge in [-0.1, -0.05) is 0 Å². The highest BCUT2D eigenvalue weighted by Crippen LogP contribution is 2.21. The van der Waals surface area contributed by atoms with E-state index >= 15 is 0 Å². The Morgan fingerprint density at radius 1 is 1.57 bits per heavy atom. The van der Waals surface area contributed by atoms with E-state index in [0.29, 0.717) is 0 Å². The highest BCUT2D eigenvalue weighted by Gasteiger charge is 2.20. The molecule has 0 atom stereocenters. The molecule has 0 saturated heterocycles. The van der Waals surface area contributed by atoms with Crippen molar-refractivity contribution in [1.82, 2.24) is 4.98 Å². The van der Waals surface area contributed by atoms with Crippen LogP contribution in [0.15, 0.2) is 10.9 Å². The molecule has 0 bridgehead atoms. The molecular weight excluding hydrogens is 313 g/mol. The van der Waals surface area contributed by atoms with Crippen molar-refractivity contribution in [2.24, 2.45) is 0 Å². The predicted octanol–water partition coefficient (Wildman–Crippen LogP) is 1.83. The van der Waals surface area contributed by atoms with E-state index in [-0.39, 0.29) is 3.57 Å². The first-order valence-electron chi connectivity index (χ1n) is 3.28.